The number of amides is 2. The summed E-state index contributed by atoms with van der Waals surface area (Å²) in [4.78, 5) is 29.2. The second-order valence-electron chi connectivity index (χ2n) is 6.06. The number of hydrogen-bond acceptors (Lipinski definition) is 3. The molecule has 1 fully saturated rings. The number of nitrogens with one attached hydrogen (secondary N) is 1. The molecule has 0 radical (unpaired) electrons. The molecule has 5 nitrogen and oxygen atoms in total. The number of benzene rings is 1. The highest BCUT2D eigenvalue weighted by atomic mass is 19.4. The number of fused-ring (bicyclic) bond motifs is 1. The maximum atomic E-state index is 13.6. The summed E-state index contributed by atoms with van der Waals surface area (Å²) in [7, 11) is 1.30. The van der Waals surface area contributed by atoms with Gasteiger partial charge in [-0.05, 0) is 18.9 Å². The van der Waals surface area contributed by atoms with Crippen LogP contribution in [0.1, 0.15) is 28.8 Å². The van der Waals surface area contributed by atoms with Crippen molar-refractivity contribution >= 4 is 22.7 Å². The van der Waals surface area contributed by atoms with E-state index in [1.165, 1.54) is 25.2 Å². The van der Waals surface area contributed by atoms with Gasteiger partial charge in [-0.25, -0.2) is 0 Å². The Morgan fingerprint density at radius 3 is 2.60 bits per heavy atom. The number of carbonyl (C=O) groups excluding carboxylic acids is 2. The highest BCUT2D eigenvalue weighted by Gasteiger charge is 2.38. The van der Waals surface area contributed by atoms with Gasteiger partial charge in [0, 0.05) is 24.7 Å². The van der Waals surface area contributed by atoms with Crippen LogP contribution in [0.4, 0.5) is 13.2 Å². The lowest BCUT2D eigenvalue weighted by molar-refractivity contribution is -0.136. The van der Waals surface area contributed by atoms with Crippen LogP contribution < -0.4 is 5.32 Å². The van der Waals surface area contributed by atoms with Gasteiger partial charge in [0.05, 0.1) is 23.2 Å². The summed E-state index contributed by atoms with van der Waals surface area (Å²) in [6.07, 6.45) is -2.03. The molecule has 0 bridgehead atoms. The second kappa shape index (κ2) is 6.34. The molecular weight excluding hydrogens is 335 g/mol. The van der Waals surface area contributed by atoms with Crippen molar-refractivity contribution in [3.05, 3.63) is 41.6 Å². The molecule has 1 aromatic carbocycles. The fourth-order valence-electron chi connectivity index (χ4n) is 2.60. The standard InChI is InChI=1S/C17H16F3N3O2/c1-23(9-14(24)22-10-6-7-10)16(25)12-8-21-13-5-3-2-4-11(13)15(12)17(18,19)20/h2-5,8,10H,6-7,9H2,1H3,(H,22,24). The molecule has 0 aliphatic heterocycles. The quantitative estimate of drug-likeness (QED) is 0.921. The van der Waals surface area contributed by atoms with Crippen LogP contribution in [0, 0.1) is 0 Å². The van der Waals surface area contributed by atoms with Crippen molar-refractivity contribution in [1.82, 2.24) is 15.2 Å². The van der Waals surface area contributed by atoms with Crippen LogP contribution in [-0.4, -0.2) is 41.3 Å². The van der Waals surface area contributed by atoms with E-state index in [0.29, 0.717) is 0 Å². The maximum absolute atomic E-state index is 13.6. The lowest BCUT2D eigenvalue weighted by Crippen LogP contribution is -2.39. The molecule has 132 valence electrons. The average molecular weight is 351 g/mol. The smallest absolute Gasteiger partial charge is 0.352 e. The molecule has 25 heavy (non-hydrogen) atoms. The predicted molar refractivity (Wildman–Crippen MR) is 84.9 cm³/mol. The molecule has 1 saturated carbocycles. The monoisotopic (exact) mass is 351 g/mol. The molecule has 1 aromatic heterocycles. The summed E-state index contributed by atoms with van der Waals surface area (Å²) in [5.74, 6) is -1.28. The van der Waals surface area contributed by atoms with Gasteiger partial charge in [-0.15, -0.1) is 0 Å². The van der Waals surface area contributed by atoms with E-state index >= 15 is 0 Å². The first-order valence-corrected chi connectivity index (χ1v) is 7.77. The fourth-order valence-corrected chi connectivity index (χ4v) is 2.60. The molecule has 1 aliphatic rings. The van der Waals surface area contributed by atoms with Crippen molar-refractivity contribution in [2.45, 2.75) is 25.1 Å². The molecule has 0 unspecified atom stereocenters. The van der Waals surface area contributed by atoms with E-state index < -0.39 is 23.2 Å². The highest BCUT2D eigenvalue weighted by molar-refractivity contribution is 6.01. The summed E-state index contributed by atoms with van der Waals surface area (Å²) >= 11 is 0. The van der Waals surface area contributed by atoms with E-state index in [1.807, 2.05) is 0 Å². The van der Waals surface area contributed by atoms with Crippen LogP contribution in [0.15, 0.2) is 30.5 Å². The normalized spacial score (nSPS) is 14.4. The number of para-hydroxylation sites is 1. The van der Waals surface area contributed by atoms with Gasteiger partial charge in [-0.2, -0.15) is 13.2 Å². The lowest BCUT2D eigenvalue weighted by Gasteiger charge is -2.20. The van der Waals surface area contributed by atoms with Crippen molar-refractivity contribution in [3.63, 3.8) is 0 Å². The topological polar surface area (TPSA) is 62.3 Å². The second-order valence-corrected chi connectivity index (χ2v) is 6.06. The molecule has 2 amide bonds. The van der Waals surface area contributed by atoms with E-state index in [0.717, 1.165) is 23.9 Å². The Bertz CT molecular complexity index is 831. The van der Waals surface area contributed by atoms with Crippen LogP contribution in [0.3, 0.4) is 0 Å². The van der Waals surface area contributed by atoms with Gasteiger partial charge in [-0.3, -0.25) is 14.6 Å². The molecule has 0 saturated heterocycles. The Morgan fingerprint density at radius 1 is 1.28 bits per heavy atom. The minimum absolute atomic E-state index is 0.115. The third-order valence-electron chi connectivity index (χ3n) is 3.96. The van der Waals surface area contributed by atoms with Gasteiger partial charge in [0.1, 0.15) is 0 Å². The Balaban J connectivity index is 1.93. The number of likely N-dealkylation sites (N-methyl/N-ethyl adjacent to an activating group) is 1. The van der Waals surface area contributed by atoms with Crippen molar-refractivity contribution in [2.75, 3.05) is 13.6 Å². The van der Waals surface area contributed by atoms with Gasteiger partial charge in [-0.1, -0.05) is 18.2 Å². The Kier molecular flexibility index (Phi) is 4.36. The number of halogens is 3. The number of aromatic nitrogens is 1. The van der Waals surface area contributed by atoms with Gasteiger partial charge in [0.25, 0.3) is 5.91 Å². The summed E-state index contributed by atoms with van der Waals surface area (Å²) in [5, 5.41) is 2.55. The Hall–Kier alpha value is -2.64. The van der Waals surface area contributed by atoms with Crippen LogP contribution in [0.25, 0.3) is 10.9 Å². The number of rotatable bonds is 4. The van der Waals surface area contributed by atoms with E-state index in [-0.39, 0.29) is 29.4 Å². The molecule has 0 spiro atoms. The van der Waals surface area contributed by atoms with Crippen LogP contribution >= 0.6 is 0 Å². The van der Waals surface area contributed by atoms with E-state index in [1.54, 1.807) is 6.07 Å². The molecule has 0 atom stereocenters. The maximum Gasteiger partial charge on any atom is 0.417 e. The lowest BCUT2D eigenvalue weighted by atomic mass is 10.0. The first-order chi connectivity index (χ1) is 11.8. The van der Waals surface area contributed by atoms with Gasteiger partial charge in [0.15, 0.2) is 0 Å². The minimum atomic E-state index is -4.72. The van der Waals surface area contributed by atoms with Crippen molar-refractivity contribution in [1.29, 1.82) is 0 Å². The predicted octanol–water partition coefficient (Wildman–Crippen LogP) is 2.60. The molecule has 3 rings (SSSR count). The molecule has 2 aromatic rings. The summed E-state index contributed by atoms with van der Waals surface area (Å²) in [5.41, 5.74) is -1.44. The van der Waals surface area contributed by atoms with Crippen molar-refractivity contribution in [3.8, 4) is 0 Å². The van der Waals surface area contributed by atoms with Crippen molar-refractivity contribution in [2.24, 2.45) is 0 Å². The van der Waals surface area contributed by atoms with E-state index in [9.17, 15) is 22.8 Å². The highest BCUT2D eigenvalue weighted by Crippen LogP contribution is 2.37. The third-order valence-corrected chi connectivity index (χ3v) is 3.96. The number of hydrogen-bond donors (Lipinski definition) is 1. The fraction of sp³-hybridized carbons (Fsp3) is 0.353. The Morgan fingerprint density at radius 2 is 1.96 bits per heavy atom. The number of nitrogens with zero attached hydrogens (tertiary/aromatic N) is 2. The molecule has 1 aliphatic carbocycles. The summed E-state index contributed by atoms with van der Waals surface area (Å²) in [6, 6.07) is 5.88. The van der Waals surface area contributed by atoms with E-state index in [2.05, 4.69) is 10.3 Å². The number of alkyl halides is 3. The van der Waals surface area contributed by atoms with E-state index in [4.69, 9.17) is 0 Å². The zero-order valence-corrected chi connectivity index (χ0v) is 13.4. The average Bonchev–Trinajstić information content (AvgIpc) is 3.35. The largest absolute Gasteiger partial charge is 0.417 e. The van der Waals surface area contributed by atoms with Gasteiger partial charge < -0.3 is 10.2 Å². The SMILES string of the molecule is CN(CC(=O)NC1CC1)C(=O)c1cnc2ccccc2c1C(F)(F)F. The first kappa shape index (κ1) is 17.2. The van der Waals surface area contributed by atoms with Crippen LogP contribution in [-0.2, 0) is 11.0 Å². The Labute approximate surface area is 141 Å². The summed E-state index contributed by atoms with van der Waals surface area (Å²) in [6.45, 7) is -0.306. The summed E-state index contributed by atoms with van der Waals surface area (Å²) < 4.78 is 40.7. The molecule has 1 heterocycles. The molecule has 8 heteroatoms. The first-order valence-electron chi connectivity index (χ1n) is 7.77. The zero-order valence-electron chi connectivity index (χ0n) is 13.4. The van der Waals surface area contributed by atoms with Crippen LogP contribution in [0.2, 0.25) is 0 Å². The number of carbonyl (C=O) groups is 2. The number of pyridine rings is 1. The molecule has 1 N–H and O–H groups in total. The third kappa shape index (κ3) is 3.72. The molecular formula is C17H16F3N3O2. The van der Waals surface area contributed by atoms with Crippen LogP contribution in [0.5, 0.6) is 0 Å². The van der Waals surface area contributed by atoms with Crippen molar-refractivity contribution < 1.29 is 22.8 Å². The van der Waals surface area contributed by atoms with Gasteiger partial charge >= 0.3 is 6.18 Å². The van der Waals surface area contributed by atoms with Gasteiger partial charge in [0.2, 0.25) is 5.91 Å². The zero-order chi connectivity index (χ0) is 18.2. The minimum Gasteiger partial charge on any atom is -0.352 e.